The Morgan fingerprint density at radius 2 is 2.11 bits per heavy atom. The molecular weight excluding hydrogens is 258 g/mol. The molecule has 0 saturated heterocycles. The summed E-state index contributed by atoms with van der Waals surface area (Å²) in [6.45, 7) is 1.61. The first-order valence-corrected chi connectivity index (χ1v) is 5.41. The maximum Gasteiger partial charge on any atom is 0.165 e. The van der Waals surface area contributed by atoms with Crippen molar-refractivity contribution < 1.29 is 10.2 Å². The first-order chi connectivity index (χ1) is 8.19. The molecule has 0 fully saturated rings. The molecule has 0 aliphatic rings. The van der Waals surface area contributed by atoms with Gasteiger partial charge in [-0.15, -0.1) is 12.4 Å². The molecule has 100 valence electrons. The molecule has 0 aromatic carbocycles. The van der Waals surface area contributed by atoms with Crippen LogP contribution in [0.15, 0.2) is 12.7 Å². The predicted molar refractivity (Wildman–Crippen MR) is 69.4 cm³/mol. The van der Waals surface area contributed by atoms with Gasteiger partial charge in [-0.25, -0.2) is 15.0 Å². The van der Waals surface area contributed by atoms with E-state index in [1.54, 1.807) is 10.9 Å². The number of nitrogen functional groups attached to an aromatic ring is 1. The van der Waals surface area contributed by atoms with Crippen molar-refractivity contribution >= 4 is 29.4 Å². The van der Waals surface area contributed by atoms with E-state index in [4.69, 9.17) is 10.8 Å². The topological polar surface area (TPSA) is 110 Å². The Morgan fingerprint density at radius 1 is 1.39 bits per heavy atom. The molecule has 4 N–H and O–H groups in total. The monoisotopic (exact) mass is 273 g/mol. The molecule has 0 radical (unpaired) electrons. The van der Waals surface area contributed by atoms with Gasteiger partial charge in [-0.2, -0.15) is 0 Å². The number of aliphatic hydroxyl groups excluding tert-OH is 2. The van der Waals surface area contributed by atoms with Crippen molar-refractivity contribution in [3.63, 3.8) is 0 Å². The van der Waals surface area contributed by atoms with E-state index in [0.717, 1.165) is 0 Å². The fourth-order valence-corrected chi connectivity index (χ4v) is 1.89. The zero-order valence-corrected chi connectivity index (χ0v) is 10.7. The number of nitrogens with two attached hydrogens (primary N) is 1. The van der Waals surface area contributed by atoms with Crippen LogP contribution in [0.2, 0.25) is 0 Å². The number of fused-ring (bicyclic) bond motifs is 1. The van der Waals surface area contributed by atoms with E-state index in [9.17, 15) is 5.11 Å². The fourth-order valence-electron chi connectivity index (χ4n) is 1.89. The summed E-state index contributed by atoms with van der Waals surface area (Å²) < 4.78 is 1.72. The molecule has 2 aromatic heterocycles. The molecule has 18 heavy (non-hydrogen) atoms. The van der Waals surface area contributed by atoms with E-state index in [-0.39, 0.29) is 25.1 Å². The van der Waals surface area contributed by atoms with Crippen molar-refractivity contribution in [3.8, 4) is 0 Å². The Balaban J connectivity index is 0.00000162. The highest BCUT2D eigenvalue weighted by atomic mass is 35.5. The summed E-state index contributed by atoms with van der Waals surface area (Å²) in [4.78, 5) is 12.1. The quantitative estimate of drug-likeness (QED) is 0.731. The van der Waals surface area contributed by atoms with Crippen LogP contribution in [0.1, 0.15) is 19.4 Å². The number of rotatable bonds is 4. The lowest BCUT2D eigenvalue weighted by Crippen LogP contribution is -2.26. The van der Waals surface area contributed by atoms with Gasteiger partial charge in [0.2, 0.25) is 0 Å². The van der Waals surface area contributed by atoms with Crippen LogP contribution in [0.4, 0.5) is 5.82 Å². The van der Waals surface area contributed by atoms with Crippen LogP contribution < -0.4 is 5.73 Å². The van der Waals surface area contributed by atoms with Gasteiger partial charge in [-0.05, 0) is 6.42 Å². The predicted octanol–water partition coefficient (Wildman–Crippen LogP) is 0.135. The highest BCUT2D eigenvalue weighted by Gasteiger charge is 2.21. The van der Waals surface area contributed by atoms with E-state index < -0.39 is 6.10 Å². The van der Waals surface area contributed by atoms with E-state index in [0.29, 0.717) is 23.4 Å². The minimum Gasteiger partial charge on any atom is -0.394 e. The van der Waals surface area contributed by atoms with Crippen molar-refractivity contribution in [2.75, 3.05) is 12.3 Å². The van der Waals surface area contributed by atoms with Gasteiger partial charge in [0.25, 0.3) is 0 Å². The number of aromatic nitrogens is 4. The van der Waals surface area contributed by atoms with Gasteiger partial charge >= 0.3 is 0 Å². The number of nitrogens with zero attached hydrogens (tertiary/aromatic N) is 4. The third kappa shape index (κ3) is 2.38. The summed E-state index contributed by atoms with van der Waals surface area (Å²) in [5.41, 5.74) is 6.76. The second kappa shape index (κ2) is 5.94. The number of hydrogen-bond acceptors (Lipinski definition) is 6. The average molecular weight is 274 g/mol. The van der Waals surface area contributed by atoms with Crippen LogP contribution in [0, 0.1) is 0 Å². The molecule has 2 unspecified atom stereocenters. The molecular formula is C10H16ClN5O2. The van der Waals surface area contributed by atoms with Crippen LogP contribution in [0.3, 0.4) is 0 Å². The number of aliphatic hydroxyl groups is 2. The average Bonchev–Trinajstić information content (AvgIpc) is 2.75. The summed E-state index contributed by atoms with van der Waals surface area (Å²) in [7, 11) is 0. The summed E-state index contributed by atoms with van der Waals surface area (Å²) in [6, 6.07) is -0.278. The van der Waals surface area contributed by atoms with Crippen LogP contribution in [0.25, 0.3) is 11.2 Å². The Morgan fingerprint density at radius 3 is 2.72 bits per heavy atom. The third-order valence-electron chi connectivity index (χ3n) is 2.79. The number of anilines is 1. The van der Waals surface area contributed by atoms with E-state index >= 15 is 0 Å². The van der Waals surface area contributed by atoms with Crippen molar-refractivity contribution in [2.24, 2.45) is 0 Å². The van der Waals surface area contributed by atoms with Crippen molar-refractivity contribution in [1.29, 1.82) is 0 Å². The molecule has 2 heterocycles. The maximum atomic E-state index is 9.74. The second-order valence-electron chi connectivity index (χ2n) is 3.81. The van der Waals surface area contributed by atoms with Crippen molar-refractivity contribution in [3.05, 3.63) is 12.7 Å². The largest absolute Gasteiger partial charge is 0.394 e. The van der Waals surface area contributed by atoms with Gasteiger partial charge in [0, 0.05) is 0 Å². The van der Waals surface area contributed by atoms with Crippen LogP contribution in [0.5, 0.6) is 0 Å². The summed E-state index contributed by atoms with van der Waals surface area (Å²) in [5.74, 6) is 0.307. The normalized spacial score (nSPS) is 14.2. The van der Waals surface area contributed by atoms with Gasteiger partial charge in [-0.1, -0.05) is 6.92 Å². The number of halogens is 1. The maximum absolute atomic E-state index is 9.74. The summed E-state index contributed by atoms with van der Waals surface area (Å²) in [5, 5.41) is 18.8. The van der Waals surface area contributed by atoms with Gasteiger partial charge in [-0.3, -0.25) is 0 Å². The highest BCUT2D eigenvalue weighted by molar-refractivity contribution is 5.85. The molecule has 0 spiro atoms. The van der Waals surface area contributed by atoms with Gasteiger partial charge in [0.15, 0.2) is 11.5 Å². The van der Waals surface area contributed by atoms with E-state index in [1.165, 1.54) is 6.33 Å². The van der Waals surface area contributed by atoms with Crippen LogP contribution in [-0.2, 0) is 0 Å². The lowest BCUT2D eigenvalue weighted by Gasteiger charge is -2.21. The molecule has 0 aliphatic heterocycles. The Hall–Kier alpha value is -1.44. The molecule has 8 heteroatoms. The summed E-state index contributed by atoms with van der Waals surface area (Å²) >= 11 is 0. The van der Waals surface area contributed by atoms with Gasteiger partial charge in [0.1, 0.15) is 11.8 Å². The zero-order valence-electron chi connectivity index (χ0n) is 9.89. The van der Waals surface area contributed by atoms with Crippen LogP contribution in [-0.4, -0.2) is 42.4 Å². The van der Waals surface area contributed by atoms with E-state index in [1.807, 2.05) is 6.92 Å². The molecule has 2 aromatic rings. The second-order valence-corrected chi connectivity index (χ2v) is 3.81. The minimum absolute atomic E-state index is 0. The number of hydrogen-bond donors (Lipinski definition) is 3. The lowest BCUT2D eigenvalue weighted by molar-refractivity contribution is 0.0510. The van der Waals surface area contributed by atoms with Gasteiger partial charge < -0.3 is 20.5 Å². The summed E-state index contributed by atoms with van der Waals surface area (Å²) in [6.07, 6.45) is 2.71. The Bertz CT molecular complexity index is 518. The first-order valence-electron chi connectivity index (χ1n) is 5.41. The first kappa shape index (κ1) is 14.6. The number of imidazole rings is 1. The molecule has 7 nitrogen and oxygen atoms in total. The molecule has 2 atom stereocenters. The Labute approximate surface area is 110 Å². The van der Waals surface area contributed by atoms with Gasteiger partial charge in [0.05, 0.1) is 25.1 Å². The molecule has 2 rings (SSSR count). The minimum atomic E-state index is -0.853. The smallest absolute Gasteiger partial charge is 0.165 e. The SMILES string of the molecule is CCC(C(O)CO)n1cnc2c(N)ncnc21.Cl. The molecule has 0 bridgehead atoms. The molecule has 0 amide bonds. The molecule has 0 aliphatic carbocycles. The van der Waals surface area contributed by atoms with E-state index in [2.05, 4.69) is 15.0 Å². The van der Waals surface area contributed by atoms with Crippen LogP contribution >= 0.6 is 12.4 Å². The zero-order chi connectivity index (χ0) is 12.4. The lowest BCUT2D eigenvalue weighted by atomic mass is 10.1. The van der Waals surface area contributed by atoms with Crippen molar-refractivity contribution in [1.82, 2.24) is 19.5 Å². The standard InChI is InChI=1S/C10H15N5O2.ClH/c1-2-6(7(17)3-16)15-5-14-8-9(11)12-4-13-10(8)15;/h4-7,16-17H,2-3H2,1H3,(H2,11,12,13);1H. The third-order valence-corrected chi connectivity index (χ3v) is 2.79. The Kier molecular flexibility index (Phi) is 4.83. The fraction of sp³-hybridized carbons (Fsp3) is 0.500. The molecule has 0 saturated carbocycles. The highest BCUT2D eigenvalue weighted by Crippen LogP contribution is 2.22. The van der Waals surface area contributed by atoms with Crippen molar-refractivity contribution in [2.45, 2.75) is 25.5 Å².